The Bertz CT molecular complexity index is 806. The van der Waals surface area contributed by atoms with E-state index in [1.807, 2.05) is 0 Å². The summed E-state index contributed by atoms with van der Waals surface area (Å²) in [4.78, 5) is 10.1. The van der Waals surface area contributed by atoms with Gasteiger partial charge in [-0.1, -0.05) is 23.2 Å². The number of carbonyl (C=O) groups excluding carboxylic acids is 1. The van der Waals surface area contributed by atoms with Gasteiger partial charge in [-0.05, 0) is 30.3 Å². The second kappa shape index (κ2) is 6.53. The largest absolute Gasteiger partial charge is 0.455 e. The number of benzene rings is 2. The fourth-order valence-corrected chi connectivity index (χ4v) is 2.77. The Hall–Kier alpha value is -1.80. The minimum absolute atomic E-state index is 0.00792. The Balaban J connectivity index is 2.51. The van der Waals surface area contributed by atoms with Crippen LogP contribution in [0.25, 0.3) is 0 Å². The van der Waals surface area contributed by atoms with E-state index in [2.05, 4.69) is 5.32 Å². The molecule has 0 bridgehead atoms. The van der Waals surface area contributed by atoms with E-state index in [-0.39, 0.29) is 16.5 Å². The van der Waals surface area contributed by atoms with Gasteiger partial charge in [0.05, 0.1) is 10.7 Å². The molecule has 0 unspecified atom stereocenters. The predicted octanol–water partition coefficient (Wildman–Crippen LogP) is 3.60. The van der Waals surface area contributed by atoms with Crippen molar-refractivity contribution in [2.24, 2.45) is 0 Å². The van der Waals surface area contributed by atoms with E-state index in [0.29, 0.717) is 17.2 Å². The third-order valence-corrected chi connectivity index (χ3v) is 4.14. The second-order valence-corrected chi connectivity index (χ2v) is 6.31. The molecule has 0 aromatic heterocycles. The number of nitrogens with one attached hydrogen (secondary N) is 1. The van der Waals surface area contributed by atoms with Gasteiger partial charge in [0.25, 0.3) is 10.1 Å². The number of halogens is 2. The van der Waals surface area contributed by atoms with Crippen molar-refractivity contribution < 1.29 is 22.5 Å². The summed E-state index contributed by atoms with van der Waals surface area (Å²) in [6.07, 6.45) is 0.382. The van der Waals surface area contributed by atoms with Crippen molar-refractivity contribution in [2.75, 3.05) is 5.32 Å². The van der Waals surface area contributed by atoms with Crippen LogP contribution >= 0.6 is 23.2 Å². The molecule has 22 heavy (non-hydrogen) atoms. The van der Waals surface area contributed by atoms with Crippen molar-refractivity contribution in [3.63, 3.8) is 0 Å². The third kappa shape index (κ3) is 3.89. The number of rotatable bonds is 5. The summed E-state index contributed by atoms with van der Waals surface area (Å²) in [5.41, 5.74) is 0.141. The van der Waals surface area contributed by atoms with Crippen molar-refractivity contribution in [3.8, 4) is 11.5 Å². The van der Waals surface area contributed by atoms with Crippen LogP contribution in [0.3, 0.4) is 0 Å². The van der Waals surface area contributed by atoms with Crippen LogP contribution in [0.1, 0.15) is 0 Å². The Morgan fingerprint density at radius 1 is 1.14 bits per heavy atom. The first-order valence-electron chi connectivity index (χ1n) is 5.76. The van der Waals surface area contributed by atoms with Gasteiger partial charge in [0.1, 0.15) is 10.6 Å². The lowest BCUT2D eigenvalue weighted by Crippen LogP contribution is -2.03. The van der Waals surface area contributed by atoms with Crippen LogP contribution in [0.4, 0.5) is 5.69 Å². The molecular weight excluding hydrogens is 353 g/mol. The highest BCUT2D eigenvalue weighted by atomic mass is 35.5. The van der Waals surface area contributed by atoms with Crippen LogP contribution in [-0.2, 0) is 14.9 Å². The molecule has 0 fully saturated rings. The zero-order valence-electron chi connectivity index (χ0n) is 10.8. The SMILES string of the molecule is O=CNc1cc(Cl)c(S(=O)(=O)O)cc1Oc1ccc(Cl)cc1. The van der Waals surface area contributed by atoms with Crippen molar-refractivity contribution >= 4 is 45.4 Å². The van der Waals surface area contributed by atoms with E-state index in [9.17, 15) is 13.2 Å². The van der Waals surface area contributed by atoms with Crippen molar-refractivity contribution in [1.82, 2.24) is 0 Å². The summed E-state index contributed by atoms with van der Waals surface area (Å²) in [6.45, 7) is 0. The topological polar surface area (TPSA) is 92.7 Å². The van der Waals surface area contributed by atoms with E-state index in [4.69, 9.17) is 32.5 Å². The Morgan fingerprint density at radius 2 is 1.77 bits per heavy atom. The lowest BCUT2D eigenvalue weighted by molar-refractivity contribution is -0.105. The van der Waals surface area contributed by atoms with E-state index in [0.717, 1.165) is 12.1 Å². The molecular formula is C13H9Cl2NO5S. The van der Waals surface area contributed by atoms with Crippen LogP contribution in [0.5, 0.6) is 11.5 Å². The number of hydrogen-bond donors (Lipinski definition) is 2. The molecule has 1 amide bonds. The maximum absolute atomic E-state index is 11.3. The summed E-state index contributed by atoms with van der Waals surface area (Å²) >= 11 is 11.5. The molecule has 116 valence electrons. The minimum Gasteiger partial charge on any atom is -0.455 e. The van der Waals surface area contributed by atoms with Crippen molar-refractivity contribution in [1.29, 1.82) is 0 Å². The molecule has 2 aromatic carbocycles. The zero-order chi connectivity index (χ0) is 16.3. The highest BCUT2D eigenvalue weighted by Crippen LogP contribution is 2.36. The Kier molecular flexibility index (Phi) is 4.92. The van der Waals surface area contributed by atoms with Gasteiger partial charge in [-0.2, -0.15) is 8.42 Å². The van der Waals surface area contributed by atoms with Crippen molar-refractivity contribution in [2.45, 2.75) is 4.90 Å². The molecule has 2 N–H and O–H groups in total. The molecule has 0 atom stereocenters. The lowest BCUT2D eigenvalue weighted by atomic mass is 10.3. The van der Waals surface area contributed by atoms with E-state index >= 15 is 0 Å². The smallest absolute Gasteiger partial charge is 0.296 e. The summed E-state index contributed by atoms with van der Waals surface area (Å²) in [6, 6.07) is 8.42. The molecule has 0 aliphatic heterocycles. The molecule has 0 aliphatic rings. The number of amides is 1. The Labute approximate surface area is 136 Å². The zero-order valence-corrected chi connectivity index (χ0v) is 13.1. The molecule has 2 aromatic rings. The minimum atomic E-state index is -4.54. The van der Waals surface area contributed by atoms with Crippen LogP contribution in [0.2, 0.25) is 10.0 Å². The first-order valence-corrected chi connectivity index (χ1v) is 7.95. The van der Waals surface area contributed by atoms with Gasteiger partial charge in [-0.25, -0.2) is 0 Å². The number of anilines is 1. The molecule has 9 heteroatoms. The van der Waals surface area contributed by atoms with Gasteiger partial charge in [-0.15, -0.1) is 0 Å². The average molecular weight is 362 g/mol. The van der Waals surface area contributed by atoms with Crippen LogP contribution in [0, 0.1) is 0 Å². The molecule has 6 nitrogen and oxygen atoms in total. The Morgan fingerprint density at radius 3 is 2.32 bits per heavy atom. The first kappa shape index (κ1) is 16.6. The highest BCUT2D eigenvalue weighted by molar-refractivity contribution is 7.86. The fourth-order valence-electron chi connectivity index (χ4n) is 1.62. The van der Waals surface area contributed by atoms with Gasteiger partial charge in [0.2, 0.25) is 6.41 Å². The van der Waals surface area contributed by atoms with Gasteiger partial charge >= 0.3 is 0 Å². The highest BCUT2D eigenvalue weighted by Gasteiger charge is 2.19. The lowest BCUT2D eigenvalue weighted by Gasteiger charge is -2.13. The van der Waals surface area contributed by atoms with E-state index in [1.54, 1.807) is 24.3 Å². The molecule has 0 heterocycles. The molecule has 0 aliphatic carbocycles. The quantitative estimate of drug-likeness (QED) is 0.626. The average Bonchev–Trinajstić information content (AvgIpc) is 2.43. The monoisotopic (exact) mass is 361 g/mol. The summed E-state index contributed by atoms with van der Waals surface area (Å²) < 4.78 is 37.2. The third-order valence-electron chi connectivity index (χ3n) is 2.57. The van der Waals surface area contributed by atoms with Crippen LogP contribution in [-0.4, -0.2) is 19.4 Å². The van der Waals surface area contributed by atoms with E-state index in [1.165, 1.54) is 0 Å². The predicted molar refractivity (Wildman–Crippen MR) is 82.5 cm³/mol. The van der Waals surface area contributed by atoms with Gasteiger partial charge in [0.15, 0.2) is 5.75 Å². The number of ether oxygens (including phenoxy) is 1. The maximum atomic E-state index is 11.3. The summed E-state index contributed by atoms with van der Waals surface area (Å²) in [5.74, 6) is 0.341. The summed E-state index contributed by atoms with van der Waals surface area (Å²) in [7, 11) is -4.54. The number of hydrogen-bond acceptors (Lipinski definition) is 4. The first-order chi connectivity index (χ1) is 10.3. The number of carbonyl (C=O) groups is 1. The van der Waals surface area contributed by atoms with Crippen LogP contribution in [0.15, 0.2) is 41.3 Å². The van der Waals surface area contributed by atoms with Crippen molar-refractivity contribution in [3.05, 3.63) is 46.4 Å². The fraction of sp³-hybridized carbons (Fsp3) is 0. The molecule has 0 saturated carbocycles. The molecule has 2 rings (SSSR count). The summed E-state index contributed by atoms with van der Waals surface area (Å²) in [5, 5.41) is 2.57. The second-order valence-electron chi connectivity index (χ2n) is 4.07. The normalized spacial score (nSPS) is 11.0. The van der Waals surface area contributed by atoms with Gasteiger partial charge < -0.3 is 10.1 Å². The van der Waals surface area contributed by atoms with Gasteiger partial charge in [-0.3, -0.25) is 9.35 Å². The van der Waals surface area contributed by atoms with Crippen LogP contribution < -0.4 is 10.1 Å². The standard InChI is InChI=1S/C13H9Cl2NO5S/c14-8-1-3-9(4-2-8)21-12-6-13(22(18,19)20)10(15)5-11(12)16-7-17/h1-7H,(H,16,17)(H,18,19,20). The maximum Gasteiger partial charge on any atom is 0.296 e. The van der Waals surface area contributed by atoms with E-state index < -0.39 is 15.0 Å². The molecule has 0 radical (unpaired) electrons. The van der Waals surface area contributed by atoms with Gasteiger partial charge in [0, 0.05) is 11.1 Å². The molecule has 0 saturated heterocycles. The molecule has 0 spiro atoms.